The van der Waals surface area contributed by atoms with E-state index in [1.165, 1.54) is 6.42 Å². The first-order valence-corrected chi connectivity index (χ1v) is 5.67. The largest absolute Gasteiger partial charge is 0.395 e. The molecule has 1 rings (SSSR count). The third-order valence-corrected chi connectivity index (χ3v) is 2.72. The maximum Gasteiger partial charge on any atom is 0.248 e. The van der Waals surface area contributed by atoms with E-state index in [1.54, 1.807) is 4.90 Å². The van der Waals surface area contributed by atoms with E-state index in [4.69, 9.17) is 9.84 Å². The summed E-state index contributed by atoms with van der Waals surface area (Å²) in [6, 6.07) is 0.334. The molecule has 1 aliphatic carbocycles. The minimum atomic E-state index is 0.00227. The summed E-state index contributed by atoms with van der Waals surface area (Å²) in [4.78, 5) is 13.5. The van der Waals surface area contributed by atoms with Crippen molar-refractivity contribution in [3.05, 3.63) is 0 Å². The van der Waals surface area contributed by atoms with Crippen LogP contribution in [0.15, 0.2) is 0 Å². The monoisotopic (exact) mass is 215 g/mol. The molecule has 1 N–H and O–H groups in total. The van der Waals surface area contributed by atoms with Gasteiger partial charge in [-0.05, 0) is 33.1 Å². The molecule has 0 bridgehead atoms. The topological polar surface area (TPSA) is 49.8 Å². The lowest BCUT2D eigenvalue weighted by Crippen LogP contribution is -2.47. The Morgan fingerprint density at radius 3 is 2.60 bits per heavy atom. The molecule has 1 fully saturated rings. The van der Waals surface area contributed by atoms with Crippen LogP contribution in [0.1, 0.15) is 33.1 Å². The minimum absolute atomic E-state index is 0.00227. The van der Waals surface area contributed by atoms with Gasteiger partial charge >= 0.3 is 0 Å². The summed E-state index contributed by atoms with van der Waals surface area (Å²) in [7, 11) is 0. The first-order valence-electron chi connectivity index (χ1n) is 5.67. The van der Waals surface area contributed by atoms with Gasteiger partial charge in [-0.15, -0.1) is 0 Å². The molecule has 0 atom stereocenters. The highest BCUT2D eigenvalue weighted by Gasteiger charge is 2.28. The van der Waals surface area contributed by atoms with Gasteiger partial charge in [0.1, 0.15) is 6.61 Å². The number of aliphatic hydroxyl groups is 1. The molecule has 0 radical (unpaired) electrons. The second-order valence-corrected chi connectivity index (χ2v) is 4.26. The fourth-order valence-corrected chi connectivity index (χ4v) is 1.64. The standard InChI is InChI=1S/C11H21NO3/c1-9(2)15-8-11(14)12(6-7-13)10-4-3-5-10/h9-10,13H,3-8H2,1-2H3. The van der Waals surface area contributed by atoms with Crippen molar-refractivity contribution in [1.82, 2.24) is 4.90 Å². The average molecular weight is 215 g/mol. The van der Waals surface area contributed by atoms with E-state index in [-0.39, 0.29) is 25.2 Å². The molecule has 0 spiro atoms. The molecule has 15 heavy (non-hydrogen) atoms. The molecule has 1 amide bonds. The lowest BCUT2D eigenvalue weighted by molar-refractivity contribution is -0.142. The van der Waals surface area contributed by atoms with E-state index in [2.05, 4.69) is 0 Å². The number of rotatable bonds is 6. The summed E-state index contributed by atoms with van der Waals surface area (Å²) in [5, 5.41) is 8.90. The van der Waals surface area contributed by atoms with Crippen molar-refractivity contribution in [2.45, 2.75) is 45.3 Å². The molecule has 0 unspecified atom stereocenters. The Morgan fingerprint density at radius 2 is 2.20 bits per heavy atom. The molecule has 4 heteroatoms. The lowest BCUT2D eigenvalue weighted by Gasteiger charge is -2.37. The number of ether oxygens (including phenoxy) is 1. The Labute approximate surface area is 91.2 Å². The van der Waals surface area contributed by atoms with Gasteiger partial charge in [-0.25, -0.2) is 0 Å². The van der Waals surface area contributed by atoms with Crippen molar-refractivity contribution in [3.63, 3.8) is 0 Å². The Bertz CT molecular complexity index is 202. The van der Waals surface area contributed by atoms with E-state index < -0.39 is 0 Å². The average Bonchev–Trinajstić information content (AvgIpc) is 2.10. The Morgan fingerprint density at radius 1 is 1.53 bits per heavy atom. The van der Waals surface area contributed by atoms with Crippen molar-refractivity contribution in [2.24, 2.45) is 0 Å². The van der Waals surface area contributed by atoms with Gasteiger partial charge in [-0.3, -0.25) is 4.79 Å². The van der Waals surface area contributed by atoms with Gasteiger partial charge in [0.15, 0.2) is 0 Å². The summed E-state index contributed by atoms with van der Waals surface area (Å²) in [5.41, 5.74) is 0. The van der Waals surface area contributed by atoms with Crippen LogP contribution in [0.5, 0.6) is 0 Å². The van der Waals surface area contributed by atoms with Crippen LogP contribution in [0.2, 0.25) is 0 Å². The molecule has 4 nitrogen and oxygen atoms in total. The highest BCUT2D eigenvalue weighted by molar-refractivity contribution is 5.77. The van der Waals surface area contributed by atoms with Crippen LogP contribution in [0.3, 0.4) is 0 Å². The SMILES string of the molecule is CC(C)OCC(=O)N(CCO)C1CCC1. The maximum atomic E-state index is 11.8. The van der Waals surface area contributed by atoms with E-state index >= 15 is 0 Å². The molecule has 88 valence electrons. The molecular formula is C11H21NO3. The third-order valence-electron chi connectivity index (χ3n) is 2.72. The van der Waals surface area contributed by atoms with Crippen molar-refractivity contribution in [1.29, 1.82) is 0 Å². The van der Waals surface area contributed by atoms with Crippen LogP contribution in [0.25, 0.3) is 0 Å². The first-order chi connectivity index (χ1) is 7.15. The van der Waals surface area contributed by atoms with Crippen molar-refractivity contribution >= 4 is 5.91 Å². The second kappa shape index (κ2) is 6.08. The summed E-state index contributed by atoms with van der Waals surface area (Å²) in [6.45, 7) is 4.42. The van der Waals surface area contributed by atoms with Gasteiger partial charge in [0.2, 0.25) is 5.91 Å². The molecule has 0 aromatic heterocycles. The zero-order valence-electron chi connectivity index (χ0n) is 9.61. The maximum absolute atomic E-state index is 11.8. The van der Waals surface area contributed by atoms with Gasteiger partial charge in [-0.2, -0.15) is 0 Å². The van der Waals surface area contributed by atoms with Gasteiger partial charge in [0, 0.05) is 12.6 Å². The van der Waals surface area contributed by atoms with Crippen LogP contribution in [0.4, 0.5) is 0 Å². The summed E-state index contributed by atoms with van der Waals surface area (Å²) in [5.74, 6) is 0.00227. The Balaban J connectivity index is 2.36. The number of carbonyl (C=O) groups excluding carboxylic acids is 1. The quantitative estimate of drug-likeness (QED) is 0.712. The number of aliphatic hydroxyl groups excluding tert-OH is 1. The number of amides is 1. The lowest BCUT2D eigenvalue weighted by atomic mass is 9.91. The van der Waals surface area contributed by atoms with E-state index in [9.17, 15) is 4.79 Å². The number of nitrogens with zero attached hydrogens (tertiary/aromatic N) is 1. The zero-order valence-corrected chi connectivity index (χ0v) is 9.61. The molecule has 1 saturated carbocycles. The van der Waals surface area contributed by atoms with Gasteiger partial charge in [0.05, 0.1) is 12.7 Å². The fourth-order valence-electron chi connectivity index (χ4n) is 1.64. The molecule has 0 saturated heterocycles. The van der Waals surface area contributed by atoms with E-state index in [0.29, 0.717) is 12.6 Å². The summed E-state index contributed by atoms with van der Waals surface area (Å²) < 4.78 is 5.28. The molecule has 1 aliphatic rings. The predicted molar refractivity (Wildman–Crippen MR) is 57.5 cm³/mol. The van der Waals surface area contributed by atoms with Crippen LogP contribution in [-0.4, -0.2) is 47.8 Å². The first kappa shape index (κ1) is 12.5. The van der Waals surface area contributed by atoms with Crippen LogP contribution in [0, 0.1) is 0 Å². The highest BCUT2D eigenvalue weighted by Crippen LogP contribution is 2.24. The predicted octanol–water partition coefficient (Wildman–Crippen LogP) is 0.785. The molecule has 0 heterocycles. The van der Waals surface area contributed by atoms with Crippen LogP contribution < -0.4 is 0 Å². The summed E-state index contributed by atoms with van der Waals surface area (Å²) >= 11 is 0. The van der Waals surface area contributed by atoms with Gasteiger partial charge in [0.25, 0.3) is 0 Å². The van der Waals surface area contributed by atoms with Crippen LogP contribution >= 0.6 is 0 Å². The van der Waals surface area contributed by atoms with Crippen molar-refractivity contribution < 1.29 is 14.6 Å². The summed E-state index contributed by atoms with van der Waals surface area (Å²) in [6.07, 6.45) is 3.39. The van der Waals surface area contributed by atoms with Crippen LogP contribution in [-0.2, 0) is 9.53 Å². The normalized spacial score (nSPS) is 16.5. The third kappa shape index (κ3) is 3.80. The Hall–Kier alpha value is -0.610. The van der Waals surface area contributed by atoms with Gasteiger partial charge in [-0.1, -0.05) is 0 Å². The highest BCUT2D eigenvalue weighted by atomic mass is 16.5. The second-order valence-electron chi connectivity index (χ2n) is 4.26. The molecule has 0 aliphatic heterocycles. The van der Waals surface area contributed by atoms with Crippen molar-refractivity contribution in [3.8, 4) is 0 Å². The number of hydrogen-bond donors (Lipinski definition) is 1. The minimum Gasteiger partial charge on any atom is -0.395 e. The number of hydrogen-bond acceptors (Lipinski definition) is 3. The molecular weight excluding hydrogens is 194 g/mol. The van der Waals surface area contributed by atoms with Gasteiger partial charge < -0.3 is 14.7 Å². The molecule has 0 aromatic rings. The fraction of sp³-hybridized carbons (Fsp3) is 0.909. The van der Waals surface area contributed by atoms with E-state index in [0.717, 1.165) is 12.8 Å². The Kier molecular flexibility index (Phi) is 5.05. The number of carbonyl (C=O) groups is 1. The zero-order chi connectivity index (χ0) is 11.3. The van der Waals surface area contributed by atoms with E-state index in [1.807, 2.05) is 13.8 Å². The van der Waals surface area contributed by atoms with Crippen molar-refractivity contribution in [2.75, 3.05) is 19.8 Å². The molecule has 0 aromatic carbocycles. The smallest absolute Gasteiger partial charge is 0.248 e.